The van der Waals surface area contributed by atoms with Crippen LogP contribution >= 0.6 is 0 Å². The molecule has 4 aromatic rings. The molecule has 0 unspecified atom stereocenters. The molecule has 0 saturated carbocycles. The molecule has 0 aliphatic carbocycles. The van der Waals surface area contributed by atoms with Gasteiger partial charge in [0.1, 0.15) is 5.75 Å². The van der Waals surface area contributed by atoms with Crippen LogP contribution in [-0.4, -0.2) is 60.2 Å². The largest absolute Gasteiger partial charge is 0.506 e. The van der Waals surface area contributed by atoms with Crippen LogP contribution in [0.15, 0.2) is 79.1 Å². The Morgan fingerprint density at radius 1 is 0.925 bits per heavy atom. The number of rotatable bonds is 6. The fourth-order valence-corrected chi connectivity index (χ4v) is 5.56. The lowest BCUT2D eigenvalue weighted by Gasteiger charge is -2.36. The number of pyridine rings is 1. The maximum Gasteiger partial charge on any atom is 0.264 e. The molecular formula is C31H34N4O4S. The molecule has 1 aliphatic heterocycles. The molecule has 1 fully saturated rings. The van der Waals surface area contributed by atoms with E-state index < -0.39 is 20.7 Å². The molecule has 9 heteroatoms. The maximum absolute atomic E-state index is 12.5. The van der Waals surface area contributed by atoms with Crippen LogP contribution in [0, 0.1) is 0 Å². The highest BCUT2D eigenvalue weighted by atomic mass is 32.2. The number of amides is 1. The Bertz CT molecular complexity index is 1640. The SMILES string of the molecule is CC(C)(C)S(=O)(=O)NC(=O)c1ccc(N2CCN(Cc3ccc(-c4cncc(O)c4)c4ccccc34)CC2)cc1. The highest BCUT2D eigenvalue weighted by Gasteiger charge is 2.31. The summed E-state index contributed by atoms with van der Waals surface area (Å²) in [6.45, 7) is 8.95. The molecule has 1 amide bonds. The Hall–Kier alpha value is -3.95. The third-order valence-electron chi connectivity index (χ3n) is 7.34. The number of aromatic nitrogens is 1. The quantitative estimate of drug-likeness (QED) is 0.351. The Labute approximate surface area is 235 Å². The molecule has 1 saturated heterocycles. The number of carbonyl (C=O) groups excluding carboxylic acids is 1. The molecule has 1 aromatic heterocycles. The molecule has 0 atom stereocenters. The van der Waals surface area contributed by atoms with Crippen LogP contribution < -0.4 is 9.62 Å². The molecule has 208 valence electrons. The van der Waals surface area contributed by atoms with Crippen molar-refractivity contribution in [3.8, 4) is 16.9 Å². The van der Waals surface area contributed by atoms with Gasteiger partial charge in [0.05, 0.1) is 10.9 Å². The molecule has 3 aromatic carbocycles. The van der Waals surface area contributed by atoms with Crippen LogP contribution in [0.25, 0.3) is 21.9 Å². The van der Waals surface area contributed by atoms with E-state index in [9.17, 15) is 18.3 Å². The van der Waals surface area contributed by atoms with E-state index in [0.29, 0.717) is 5.56 Å². The first-order valence-corrected chi connectivity index (χ1v) is 14.8. The van der Waals surface area contributed by atoms with Crippen molar-refractivity contribution in [1.82, 2.24) is 14.6 Å². The monoisotopic (exact) mass is 558 g/mol. The van der Waals surface area contributed by atoms with E-state index in [-0.39, 0.29) is 5.75 Å². The van der Waals surface area contributed by atoms with Gasteiger partial charge in [-0.05, 0) is 73.0 Å². The van der Waals surface area contributed by atoms with Gasteiger partial charge in [-0.2, -0.15) is 0 Å². The minimum Gasteiger partial charge on any atom is -0.506 e. The summed E-state index contributed by atoms with van der Waals surface area (Å²) < 4.78 is 25.7. The normalized spacial score (nSPS) is 14.8. The Morgan fingerprint density at radius 3 is 2.25 bits per heavy atom. The van der Waals surface area contributed by atoms with Crippen LogP contribution in [0.1, 0.15) is 36.7 Å². The van der Waals surface area contributed by atoms with Crippen molar-refractivity contribution in [2.45, 2.75) is 32.1 Å². The fourth-order valence-electron chi connectivity index (χ4n) is 4.89. The van der Waals surface area contributed by atoms with Gasteiger partial charge < -0.3 is 10.0 Å². The van der Waals surface area contributed by atoms with Gasteiger partial charge in [0, 0.05) is 55.7 Å². The zero-order valence-corrected chi connectivity index (χ0v) is 23.8. The summed E-state index contributed by atoms with van der Waals surface area (Å²) >= 11 is 0. The van der Waals surface area contributed by atoms with Crippen LogP contribution in [-0.2, 0) is 16.6 Å². The average molecular weight is 559 g/mol. The number of anilines is 1. The van der Waals surface area contributed by atoms with Gasteiger partial charge in [-0.25, -0.2) is 13.1 Å². The zero-order valence-electron chi connectivity index (χ0n) is 23.0. The van der Waals surface area contributed by atoms with Crippen molar-refractivity contribution < 1.29 is 18.3 Å². The topological polar surface area (TPSA) is 103 Å². The summed E-state index contributed by atoms with van der Waals surface area (Å²) in [7, 11) is -3.77. The van der Waals surface area contributed by atoms with E-state index in [1.54, 1.807) is 45.2 Å². The van der Waals surface area contributed by atoms with Crippen molar-refractivity contribution in [2.24, 2.45) is 0 Å². The maximum atomic E-state index is 12.5. The number of fused-ring (bicyclic) bond motifs is 1. The molecule has 40 heavy (non-hydrogen) atoms. The van der Waals surface area contributed by atoms with Crippen molar-refractivity contribution in [3.05, 3.63) is 90.3 Å². The fraction of sp³-hybridized carbons (Fsp3) is 0.290. The highest BCUT2D eigenvalue weighted by Crippen LogP contribution is 2.32. The molecule has 0 bridgehead atoms. The van der Waals surface area contributed by atoms with Gasteiger partial charge in [0.2, 0.25) is 10.0 Å². The van der Waals surface area contributed by atoms with Crippen LogP contribution in [0.5, 0.6) is 5.75 Å². The first kappa shape index (κ1) is 27.6. The standard InChI is InChI=1S/C31H34N4O4S/c1-31(2,3)40(38,39)33-30(37)22-8-11-25(12-9-22)35-16-14-34(15-17-35)21-23-10-13-28(24-18-26(36)20-32-19-24)29-7-5-4-6-27(23)29/h4-13,18-20,36H,14-17,21H2,1-3H3,(H,33,37). The zero-order chi connectivity index (χ0) is 28.5. The first-order valence-electron chi connectivity index (χ1n) is 13.3. The average Bonchev–Trinajstić information content (AvgIpc) is 2.93. The summed E-state index contributed by atoms with van der Waals surface area (Å²) in [4.78, 5) is 21.4. The van der Waals surface area contributed by atoms with Gasteiger partial charge in [-0.1, -0.05) is 36.4 Å². The van der Waals surface area contributed by atoms with E-state index >= 15 is 0 Å². The third kappa shape index (κ3) is 5.80. The third-order valence-corrected chi connectivity index (χ3v) is 9.41. The second kappa shape index (κ2) is 10.9. The molecule has 5 rings (SSSR count). The summed E-state index contributed by atoms with van der Waals surface area (Å²) in [6, 6.07) is 21.4. The predicted octanol–water partition coefficient (Wildman–Crippen LogP) is 4.79. The van der Waals surface area contributed by atoms with E-state index in [4.69, 9.17) is 0 Å². The smallest absolute Gasteiger partial charge is 0.264 e. The van der Waals surface area contributed by atoms with Gasteiger partial charge >= 0.3 is 0 Å². The molecule has 2 heterocycles. The van der Waals surface area contributed by atoms with Crippen LogP contribution in [0.2, 0.25) is 0 Å². The molecule has 1 aliphatic rings. The number of nitrogens with one attached hydrogen (secondary N) is 1. The van der Waals surface area contributed by atoms with Gasteiger partial charge in [0.15, 0.2) is 0 Å². The van der Waals surface area contributed by atoms with E-state index in [1.165, 1.54) is 17.1 Å². The molecular weight excluding hydrogens is 524 g/mol. The summed E-state index contributed by atoms with van der Waals surface area (Å²) in [5, 5.41) is 12.2. The lowest BCUT2D eigenvalue weighted by atomic mass is 9.95. The predicted molar refractivity (Wildman–Crippen MR) is 159 cm³/mol. The highest BCUT2D eigenvalue weighted by molar-refractivity contribution is 7.91. The van der Waals surface area contributed by atoms with Crippen molar-refractivity contribution >= 4 is 32.4 Å². The minimum atomic E-state index is -3.77. The Balaban J connectivity index is 1.24. The van der Waals surface area contributed by atoms with E-state index in [2.05, 4.69) is 49.8 Å². The van der Waals surface area contributed by atoms with Gasteiger partial charge in [0.25, 0.3) is 5.91 Å². The Morgan fingerprint density at radius 2 is 1.60 bits per heavy atom. The number of sulfonamides is 1. The number of carbonyl (C=O) groups is 1. The summed E-state index contributed by atoms with van der Waals surface area (Å²) in [5.74, 6) is -0.472. The second-order valence-electron chi connectivity index (χ2n) is 11.1. The Kier molecular flexibility index (Phi) is 7.53. The lowest BCUT2D eigenvalue weighted by molar-refractivity contribution is 0.0980. The van der Waals surface area contributed by atoms with Gasteiger partial charge in [-0.15, -0.1) is 0 Å². The molecule has 2 N–H and O–H groups in total. The number of hydrogen-bond donors (Lipinski definition) is 2. The first-order chi connectivity index (χ1) is 19.0. The number of aromatic hydroxyl groups is 1. The second-order valence-corrected chi connectivity index (χ2v) is 13.5. The van der Waals surface area contributed by atoms with Crippen LogP contribution in [0.4, 0.5) is 5.69 Å². The number of nitrogens with zero attached hydrogens (tertiary/aromatic N) is 3. The number of piperazine rings is 1. The van der Waals surface area contributed by atoms with Crippen LogP contribution in [0.3, 0.4) is 0 Å². The summed E-state index contributed by atoms with van der Waals surface area (Å²) in [6.07, 6.45) is 3.21. The van der Waals surface area contributed by atoms with E-state index in [0.717, 1.165) is 54.9 Å². The van der Waals surface area contributed by atoms with Crippen molar-refractivity contribution in [2.75, 3.05) is 31.1 Å². The van der Waals surface area contributed by atoms with Crippen molar-refractivity contribution in [1.29, 1.82) is 0 Å². The van der Waals surface area contributed by atoms with E-state index in [1.807, 2.05) is 18.2 Å². The molecule has 0 radical (unpaired) electrons. The van der Waals surface area contributed by atoms with Crippen molar-refractivity contribution in [3.63, 3.8) is 0 Å². The molecule has 0 spiro atoms. The molecule has 8 nitrogen and oxygen atoms in total. The van der Waals surface area contributed by atoms with Gasteiger partial charge in [-0.3, -0.25) is 14.7 Å². The number of hydrogen-bond acceptors (Lipinski definition) is 7. The lowest BCUT2D eigenvalue weighted by Crippen LogP contribution is -2.46. The summed E-state index contributed by atoms with van der Waals surface area (Å²) in [5.41, 5.74) is 4.49. The minimum absolute atomic E-state index is 0.148. The number of benzene rings is 3.